The van der Waals surface area contributed by atoms with Crippen molar-refractivity contribution in [2.24, 2.45) is 0 Å². The van der Waals surface area contributed by atoms with Gasteiger partial charge in [-0.2, -0.15) is 0 Å². The third-order valence-electron chi connectivity index (χ3n) is 0.710. The summed E-state index contributed by atoms with van der Waals surface area (Å²) >= 11 is 0. The SMILES string of the molecule is [2H]C([2H])([2H])C([2H])([2H])CCCCO. The van der Waals surface area contributed by atoms with E-state index in [4.69, 9.17) is 12.0 Å². The molecule has 0 rings (SSSR count). The number of unbranched alkanes of at least 4 members (excludes halogenated alkanes) is 1. The van der Waals surface area contributed by atoms with Crippen LogP contribution in [0.2, 0.25) is 0 Å². The molecule has 7 heavy (non-hydrogen) atoms. The standard InChI is InChI=1S/C6H14O/c1-2-3-4-5-6-7/h7H,2-6H2,1H3/i1D3,2D2. The Labute approximate surface area is 52.4 Å². The van der Waals surface area contributed by atoms with Gasteiger partial charge >= 0.3 is 0 Å². The Morgan fingerprint density at radius 1 is 1.57 bits per heavy atom. The van der Waals surface area contributed by atoms with Crippen LogP contribution in [-0.4, -0.2) is 11.7 Å². The van der Waals surface area contributed by atoms with Crippen LogP contribution < -0.4 is 0 Å². The number of aliphatic hydroxyl groups is 1. The second kappa shape index (κ2) is 5.96. The molecule has 0 unspecified atom stereocenters. The molecule has 1 heteroatoms. The Morgan fingerprint density at radius 2 is 2.43 bits per heavy atom. The Balaban J connectivity index is 3.88. The average Bonchev–Trinajstić information content (AvgIpc) is 1.85. The number of aliphatic hydroxyl groups excluding tert-OH is 1. The van der Waals surface area contributed by atoms with Gasteiger partial charge < -0.3 is 5.11 Å². The van der Waals surface area contributed by atoms with Crippen molar-refractivity contribution in [3.8, 4) is 0 Å². The predicted molar refractivity (Wildman–Crippen MR) is 31.2 cm³/mol. The molecular weight excluding hydrogens is 88.1 g/mol. The summed E-state index contributed by atoms with van der Waals surface area (Å²) < 4.78 is 35.0. The van der Waals surface area contributed by atoms with Crippen LogP contribution in [0.25, 0.3) is 0 Å². The molecule has 0 aromatic rings. The summed E-state index contributed by atoms with van der Waals surface area (Å²) in [6, 6.07) is 0. The lowest BCUT2D eigenvalue weighted by Gasteiger charge is -1.90. The van der Waals surface area contributed by atoms with Crippen molar-refractivity contribution in [3.63, 3.8) is 0 Å². The van der Waals surface area contributed by atoms with Crippen molar-refractivity contribution >= 4 is 0 Å². The molecule has 0 aromatic carbocycles. The Kier molecular flexibility index (Phi) is 1.75. The van der Waals surface area contributed by atoms with E-state index in [0.29, 0.717) is 12.8 Å². The number of hydrogen-bond acceptors (Lipinski definition) is 1. The summed E-state index contributed by atoms with van der Waals surface area (Å²) in [6.07, 6.45) is -1.29. The Hall–Kier alpha value is -0.0400. The van der Waals surface area contributed by atoms with Crippen molar-refractivity contribution in [1.29, 1.82) is 0 Å². The zero-order valence-electron chi connectivity index (χ0n) is 9.28. The largest absolute Gasteiger partial charge is 0.396 e. The number of rotatable bonds is 4. The lowest BCUT2D eigenvalue weighted by Crippen LogP contribution is -1.80. The third-order valence-corrected chi connectivity index (χ3v) is 0.710. The molecule has 0 heterocycles. The van der Waals surface area contributed by atoms with E-state index in [2.05, 4.69) is 0 Å². The third kappa shape index (κ3) is 5.96. The van der Waals surface area contributed by atoms with Crippen molar-refractivity contribution in [2.45, 2.75) is 32.5 Å². The second-order valence-corrected chi connectivity index (χ2v) is 1.36. The normalized spacial score (nSPS) is 23.9. The van der Waals surface area contributed by atoms with Crippen molar-refractivity contribution < 1.29 is 12.0 Å². The molecular formula is C6H14O. The van der Waals surface area contributed by atoms with Gasteiger partial charge in [0.1, 0.15) is 0 Å². The van der Waals surface area contributed by atoms with Crippen LogP contribution >= 0.6 is 0 Å². The summed E-state index contributed by atoms with van der Waals surface area (Å²) in [7, 11) is 0. The topological polar surface area (TPSA) is 20.2 Å². The molecule has 44 valence electrons. The van der Waals surface area contributed by atoms with Crippen LogP contribution in [0.5, 0.6) is 0 Å². The molecule has 1 nitrogen and oxygen atoms in total. The highest BCUT2D eigenvalue weighted by Crippen LogP contribution is 1.95. The van der Waals surface area contributed by atoms with Crippen LogP contribution in [0, 0.1) is 0 Å². The highest BCUT2D eigenvalue weighted by Gasteiger charge is 1.80. The molecule has 0 aromatic heterocycles. The van der Waals surface area contributed by atoms with Gasteiger partial charge in [0.05, 0.1) is 0 Å². The lowest BCUT2D eigenvalue weighted by molar-refractivity contribution is 0.283. The highest BCUT2D eigenvalue weighted by molar-refractivity contribution is 4.35. The smallest absolute Gasteiger partial charge is 0.0431 e. The van der Waals surface area contributed by atoms with E-state index >= 15 is 0 Å². The fraction of sp³-hybridized carbons (Fsp3) is 1.00. The Bertz CT molecular complexity index is 130. The molecule has 0 atom stereocenters. The molecule has 0 spiro atoms. The molecule has 0 amide bonds. The van der Waals surface area contributed by atoms with Gasteiger partial charge in [0, 0.05) is 13.5 Å². The van der Waals surface area contributed by atoms with Crippen LogP contribution in [0.15, 0.2) is 0 Å². The number of hydrogen-bond donors (Lipinski definition) is 1. The summed E-state index contributed by atoms with van der Waals surface area (Å²) in [5.41, 5.74) is 0. The molecule has 0 saturated carbocycles. The van der Waals surface area contributed by atoms with E-state index < -0.39 is 13.2 Å². The van der Waals surface area contributed by atoms with Crippen molar-refractivity contribution in [3.05, 3.63) is 0 Å². The first-order valence-corrected chi connectivity index (χ1v) is 2.42. The van der Waals surface area contributed by atoms with Crippen LogP contribution in [0.3, 0.4) is 0 Å². The van der Waals surface area contributed by atoms with E-state index in [1.165, 1.54) is 0 Å². The maximum absolute atomic E-state index is 8.40. The highest BCUT2D eigenvalue weighted by atomic mass is 16.2. The Morgan fingerprint density at radius 3 is 3.00 bits per heavy atom. The van der Waals surface area contributed by atoms with Gasteiger partial charge in [-0.1, -0.05) is 26.1 Å². The van der Waals surface area contributed by atoms with Gasteiger partial charge in [-0.25, -0.2) is 0 Å². The van der Waals surface area contributed by atoms with E-state index in [9.17, 15) is 0 Å². The first-order chi connectivity index (χ1) is 5.31. The predicted octanol–water partition coefficient (Wildman–Crippen LogP) is 1.56. The van der Waals surface area contributed by atoms with Crippen molar-refractivity contribution in [2.75, 3.05) is 6.61 Å². The first kappa shape index (κ1) is 2.06. The molecule has 1 N–H and O–H groups in total. The summed E-state index contributed by atoms with van der Waals surface area (Å²) in [5, 5.41) is 8.40. The van der Waals surface area contributed by atoms with Gasteiger partial charge in [0.2, 0.25) is 0 Å². The monoisotopic (exact) mass is 107 g/mol. The van der Waals surface area contributed by atoms with Crippen LogP contribution in [0.1, 0.15) is 39.3 Å². The van der Waals surface area contributed by atoms with Gasteiger partial charge in [-0.3, -0.25) is 0 Å². The average molecular weight is 107 g/mol. The molecule has 0 bridgehead atoms. The first-order valence-electron chi connectivity index (χ1n) is 4.92. The van der Waals surface area contributed by atoms with Gasteiger partial charge in [-0.15, -0.1) is 0 Å². The van der Waals surface area contributed by atoms with Crippen molar-refractivity contribution in [1.82, 2.24) is 0 Å². The molecule has 0 saturated heterocycles. The summed E-state index contributed by atoms with van der Waals surface area (Å²) in [5.74, 6) is 0. The van der Waals surface area contributed by atoms with E-state index in [1.807, 2.05) is 0 Å². The van der Waals surface area contributed by atoms with E-state index in [1.54, 1.807) is 0 Å². The molecule has 0 aliphatic rings. The molecule has 0 fully saturated rings. The zero-order valence-corrected chi connectivity index (χ0v) is 4.28. The van der Waals surface area contributed by atoms with Gasteiger partial charge in [0.15, 0.2) is 0 Å². The fourth-order valence-electron chi connectivity index (χ4n) is 0.325. The lowest BCUT2D eigenvalue weighted by atomic mass is 10.2. The minimum absolute atomic E-state index is 0.0168. The van der Waals surface area contributed by atoms with Crippen LogP contribution in [-0.2, 0) is 0 Å². The molecule has 0 radical (unpaired) electrons. The van der Waals surface area contributed by atoms with Gasteiger partial charge in [-0.05, 0) is 6.42 Å². The second-order valence-electron chi connectivity index (χ2n) is 1.36. The minimum Gasteiger partial charge on any atom is -0.396 e. The van der Waals surface area contributed by atoms with Gasteiger partial charge in [0.25, 0.3) is 0 Å². The molecule has 0 aliphatic heterocycles. The fourth-order valence-corrected chi connectivity index (χ4v) is 0.325. The van der Waals surface area contributed by atoms with Crippen LogP contribution in [0.4, 0.5) is 0 Å². The van der Waals surface area contributed by atoms with E-state index in [0.717, 1.165) is 0 Å². The minimum atomic E-state index is -2.55. The zero-order chi connectivity index (χ0) is 9.83. The molecule has 0 aliphatic carbocycles. The summed E-state index contributed by atoms with van der Waals surface area (Å²) in [4.78, 5) is 0. The maximum Gasteiger partial charge on any atom is 0.0431 e. The maximum atomic E-state index is 8.40. The summed E-state index contributed by atoms with van der Waals surface area (Å²) in [6.45, 7) is -2.57. The quantitative estimate of drug-likeness (QED) is 0.540. The van der Waals surface area contributed by atoms with E-state index in [-0.39, 0.29) is 13.0 Å².